The van der Waals surface area contributed by atoms with E-state index in [1.807, 2.05) is 12.1 Å². The lowest BCUT2D eigenvalue weighted by Crippen LogP contribution is -2.14. The van der Waals surface area contributed by atoms with Gasteiger partial charge in [0.15, 0.2) is 11.6 Å². The molecule has 0 saturated heterocycles. The van der Waals surface area contributed by atoms with Gasteiger partial charge in [-0.15, -0.1) is 0 Å². The molecule has 2 aromatic carbocycles. The minimum absolute atomic E-state index is 0.523. The molecule has 0 saturated carbocycles. The second-order valence-electron chi connectivity index (χ2n) is 4.47. The normalized spacial score (nSPS) is 10.7. The maximum atomic E-state index is 13.0. The van der Waals surface area contributed by atoms with E-state index < -0.39 is 11.6 Å². The summed E-state index contributed by atoms with van der Waals surface area (Å²) in [5.74, 6) is -1.60. The molecular formula is C16H17F2N. The van der Waals surface area contributed by atoms with Crippen molar-refractivity contribution in [1.29, 1.82) is 0 Å². The molecule has 0 fully saturated rings. The van der Waals surface area contributed by atoms with Gasteiger partial charge in [-0.1, -0.05) is 37.3 Å². The SMILES string of the molecule is CCc1ccccc1CNCc1ccc(F)c(F)c1. The van der Waals surface area contributed by atoms with Crippen LogP contribution in [0.2, 0.25) is 0 Å². The minimum Gasteiger partial charge on any atom is -0.309 e. The van der Waals surface area contributed by atoms with Gasteiger partial charge in [-0.3, -0.25) is 0 Å². The van der Waals surface area contributed by atoms with Gasteiger partial charge in [0.25, 0.3) is 0 Å². The third kappa shape index (κ3) is 3.61. The Hall–Kier alpha value is -1.74. The summed E-state index contributed by atoms with van der Waals surface area (Å²) in [6, 6.07) is 12.2. The van der Waals surface area contributed by atoms with Crippen molar-refractivity contribution in [2.75, 3.05) is 0 Å². The summed E-state index contributed by atoms with van der Waals surface area (Å²) in [4.78, 5) is 0. The molecule has 2 aromatic rings. The van der Waals surface area contributed by atoms with Crippen molar-refractivity contribution in [3.8, 4) is 0 Å². The molecule has 0 aliphatic carbocycles. The molecule has 19 heavy (non-hydrogen) atoms. The fraction of sp³-hybridized carbons (Fsp3) is 0.250. The number of hydrogen-bond donors (Lipinski definition) is 1. The van der Waals surface area contributed by atoms with Gasteiger partial charge < -0.3 is 5.32 Å². The molecule has 0 spiro atoms. The first-order valence-electron chi connectivity index (χ1n) is 6.42. The van der Waals surface area contributed by atoms with Crippen molar-refractivity contribution in [2.24, 2.45) is 0 Å². The van der Waals surface area contributed by atoms with Gasteiger partial charge >= 0.3 is 0 Å². The van der Waals surface area contributed by atoms with Crippen LogP contribution in [-0.2, 0) is 19.5 Å². The average Bonchev–Trinajstić information content (AvgIpc) is 2.43. The van der Waals surface area contributed by atoms with Crippen LogP contribution in [0.3, 0.4) is 0 Å². The fourth-order valence-electron chi connectivity index (χ4n) is 2.07. The van der Waals surface area contributed by atoms with Gasteiger partial charge in [0.05, 0.1) is 0 Å². The largest absolute Gasteiger partial charge is 0.309 e. The Kier molecular flexibility index (Phi) is 4.63. The topological polar surface area (TPSA) is 12.0 Å². The Bertz CT molecular complexity index is 552. The van der Waals surface area contributed by atoms with Crippen LogP contribution in [0.4, 0.5) is 8.78 Å². The molecule has 0 unspecified atom stereocenters. The first kappa shape index (κ1) is 13.7. The lowest BCUT2D eigenvalue weighted by Gasteiger charge is -2.09. The number of nitrogens with one attached hydrogen (secondary N) is 1. The molecule has 100 valence electrons. The average molecular weight is 261 g/mol. The Labute approximate surface area is 112 Å². The maximum Gasteiger partial charge on any atom is 0.159 e. The molecule has 0 radical (unpaired) electrons. The zero-order chi connectivity index (χ0) is 13.7. The first-order valence-corrected chi connectivity index (χ1v) is 6.42. The summed E-state index contributed by atoms with van der Waals surface area (Å²) < 4.78 is 25.8. The van der Waals surface area contributed by atoms with Crippen molar-refractivity contribution in [3.05, 3.63) is 70.8 Å². The highest BCUT2D eigenvalue weighted by Crippen LogP contribution is 2.11. The van der Waals surface area contributed by atoms with Crippen LogP contribution in [0, 0.1) is 11.6 Å². The van der Waals surface area contributed by atoms with E-state index in [0.717, 1.165) is 24.6 Å². The molecule has 0 amide bonds. The smallest absolute Gasteiger partial charge is 0.159 e. The standard InChI is InChI=1S/C16H17F2N/c1-2-13-5-3-4-6-14(13)11-19-10-12-7-8-15(17)16(18)9-12/h3-9,19H,2,10-11H2,1H3. The van der Waals surface area contributed by atoms with Crippen molar-refractivity contribution in [3.63, 3.8) is 0 Å². The molecule has 0 bridgehead atoms. The van der Waals surface area contributed by atoms with Gasteiger partial charge in [-0.25, -0.2) is 8.78 Å². The predicted molar refractivity (Wildman–Crippen MR) is 72.7 cm³/mol. The number of halogens is 2. The van der Waals surface area contributed by atoms with E-state index >= 15 is 0 Å². The van der Waals surface area contributed by atoms with Crippen molar-refractivity contribution in [1.82, 2.24) is 5.32 Å². The minimum atomic E-state index is -0.805. The van der Waals surface area contributed by atoms with Crippen LogP contribution in [-0.4, -0.2) is 0 Å². The van der Waals surface area contributed by atoms with Crippen molar-refractivity contribution in [2.45, 2.75) is 26.4 Å². The molecule has 1 nitrogen and oxygen atoms in total. The third-order valence-corrected chi connectivity index (χ3v) is 3.13. The second kappa shape index (κ2) is 6.43. The van der Waals surface area contributed by atoms with Crippen LogP contribution in [0.5, 0.6) is 0 Å². The van der Waals surface area contributed by atoms with Crippen LogP contribution in [0.15, 0.2) is 42.5 Å². The number of benzene rings is 2. The van der Waals surface area contributed by atoms with Gasteiger partial charge in [0.1, 0.15) is 0 Å². The van der Waals surface area contributed by atoms with Crippen LogP contribution < -0.4 is 5.32 Å². The molecule has 0 aliphatic heterocycles. The van der Waals surface area contributed by atoms with E-state index in [1.54, 1.807) is 6.07 Å². The zero-order valence-corrected chi connectivity index (χ0v) is 10.9. The molecule has 0 aromatic heterocycles. The highest BCUT2D eigenvalue weighted by molar-refractivity contribution is 5.27. The van der Waals surface area contributed by atoms with Gasteiger partial charge in [0, 0.05) is 13.1 Å². The quantitative estimate of drug-likeness (QED) is 0.862. The van der Waals surface area contributed by atoms with E-state index in [0.29, 0.717) is 6.54 Å². The van der Waals surface area contributed by atoms with Gasteiger partial charge in [-0.05, 0) is 35.2 Å². The number of hydrogen-bond acceptors (Lipinski definition) is 1. The van der Waals surface area contributed by atoms with E-state index in [-0.39, 0.29) is 0 Å². The highest BCUT2D eigenvalue weighted by atomic mass is 19.2. The van der Waals surface area contributed by atoms with E-state index in [1.165, 1.54) is 17.2 Å². The van der Waals surface area contributed by atoms with Crippen molar-refractivity contribution >= 4 is 0 Å². The van der Waals surface area contributed by atoms with Gasteiger partial charge in [0.2, 0.25) is 0 Å². The molecular weight excluding hydrogens is 244 g/mol. The summed E-state index contributed by atoms with van der Waals surface area (Å²) in [6.07, 6.45) is 0.989. The predicted octanol–water partition coefficient (Wildman–Crippen LogP) is 3.82. The third-order valence-electron chi connectivity index (χ3n) is 3.13. The molecule has 0 heterocycles. The molecule has 1 N–H and O–H groups in total. The van der Waals surface area contributed by atoms with E-state index in [2.05, 4.69) is 24.4 Å². The Balaban J connectivity index is 1.94. The Morgan fingerprint density at radius 3 is 2.32 bits per heavy atom. The van der Waals surface area contributed by atoms with Crippen LogP contribution >= 0.6 is 0 Å². The second-order valence-corrected chi connectivity index (χ2v) is 4.47. The van der Waals surface area contributed by atoms with E-state index in [4.69, 9.17) is 0 Å². The van der Waals surface area contributed by atoms with E-state index in [9.17, 15) is 8.78 Å². The number of rotatable bonds is 5. The molecule has 0 aliphatic rings. The lowest BCUT2D eigenvalue weighted by atomic mass is 10.1. The van der Waals surface area contributed by atoms with Crippen molar-refractivity contribution < 1.29 is 8.78 Å². The Morgan fingerprint density at radius 2 is 1.63 bits per heavy atom. The summed E-state index contributed by atoms with van der Waals surface area (Å²) >= 11 is 0. The summed E-state index contributed by atoms with van der Waals surface area (Å²) in [6.45, 7) is 3.37. The summed E-state index contributed by atoms with van der Waals surface area (Å²) in [5.41, 5.74) is 3.29. The summed E-state index contributed by atoms with van der Waals surface area (Å²) in [5, 5.41) is 3.25. The Morgan fingerprint density at radius 1 is 0.895 bits per heavy atom. The summed E-state index contributed by atoms with van der Waals surface area (Å²) in [7, 11) is 0. The highest BCUT2D eigenvalue weighted by Gasteiger charge is 2.03. The van der Waals surface area contributed by atoms with Crippen LogP contribution in [0.25, 0.3) is 0 Å². The first-order chi connectivity index (χ1) is 9.20. The van der Waals surface area contributed by atoms with Crippen LogP contribution in [0.1, 0.15) is 23.6 Å². The fourth-order valence-corrected chi connectivity index (χ4v) is 2.07. The molecule has 2 rings (SSSR count). The van der Waals surface area contributed by atoms with Gasteiger partial charge in [-0.2, -0.15) is 0 Å². The lowest BCUT2D eigenvalue weighted by molar-refractivity contribution is 0.506. The molecule has 3 heteroatoms. The zero-order valence-electron chi connectivity index (χ0n) is 10.9. The number of aryl methyl sites for hydroxylation is 1. The molecule has 0 atom stereocenters. The maximum absolute atomic E-state index is 13.0. The monoisotopic (exact) mass is 261 g/mol.